The maximum absolute atomic E-state index is 11.6. The molecule has 19 heavy (non-hydrogen) atoms. The van der Waals surface area contributed by atoms with Gasteiger partial charge in [0.15, 0.2) is 11.3 Å². The average Bonchev–Trinajstić information content (AvgIpc) is 2.73. The first-order valence-electron chi connectivity index (χ1n) is 6.08. The molecule has 1 aliphatic rings. The molecule has 3 rings (SSSR count). The van der Waals surface area contributed by atoms with Crippen molar-refractivity contribution in [1.82, 2.24) is 14.6 Å². The molecule has 0 amide bonds. The minimum absolute atomic E-state index is 0.268. The van der Waals surface area contributed by atoms with Crippen LogP contribution in [0.2, 0.25) is 0 Å². The zero-order chi connectivity index (χ0) is 13.6. The van der Waals surface area contributed by atoms with E-state index in [4.69, 9.17) is 12.6 Å². The van der Waals surface area contributed by atoms with E-state index in [1.807, 2.05) is 0 Å². The lowest BCUT2D eigenvalue weighted by atomic mass is 10.0. The van der Waals surface area contributed by atoms with Gasteiger partial charge in [-0.05, 0) is 12.0 Å². The maximum atomic E-state index is 11.6. The summed E-state index contributed by atoms with van der Waals surface area (Å²) in [4.78, 5) is 18.0. The van der Waals surface area contributed by atoms with E-state index in [-0.39, 0.29) is 5.69 Å². The van der Waals surface area contributed by atoms with E-state index in [1.54, 1.807) is 16.6 Å². The molecule has 2 radical (unpaired) electrons. The van der Waals surface area contributed by atoms with Crippen LogP contribution in [0.15, 0.2) is 12.1 Å². The number of rotatable bonds is 2. The number of aromatic nitrogens is 3. The Hall–Kier alpha value is -2.05. The van der Waals surface area contributed by atoms with Gasteiger partial charge in [-0.2, -0.15) is 9.61 Å². The quantitative estimate of drug-likeness (QED) is 0.548. The van der Waals surface area contributed by atoms with Gasteiger partial charge in [0.25, 0.3) is 0 Å². The third-order valence-corrected chi connectivity index (χ3v) is 3.21. The molecule has 0 aromatic carbocycles. The van der Waals surface area contributed by atoms with Crippen LogP contribution in [0.1, 0.15) is 17.4 Å². The van der Waals surface area contributed by atoms with E-state index in [1.165, 1.54) is 7.11 Å². The first-order chi connectivity index (χ1) is 9.08. The SMILES string of the molecule is [B]c1cc2nc(C(=O)OC)cc(N3CC(C)C3)n2n1. The van der Waals surface area contributed by atoms with Crippen LogP contribution < -0.4 is 10.5 Å². The zero-order valence-corrected chi connectivity index (χ0v) is 10.8. The summed E-state index contributed by atoms with van der Waals surface area (Å²) >= 11 is 0. The number of hydrogen-bond acceptors (Lipinski definition) is 5. The van der Waals surface area contributed by atoms with Gasteiger partial charge < -0.3 is 9.64 Å². The van der Waals surface area contributed by atoms with Gasteiger partial charge in [0.05, 0.1) is 7.11 Å². The molecule has 96 valence electrons. The van der Waals surface area contributed by atoms with E-state index < -0.39 is 5.97 Å². The highest BCUT2D eigenvalue weighted by molar-refractivity contribution is 6.31. The second-order valence-electron chi connectivity index (χ2n) is 4.84. The van der Waals surface area contributed by atoms with Crippen LogP contribution in [0.5, 0.6) is 0 Å². The molecule has 0 atom stereocenters. The molecular weight excluding hydrogens is 243 g/mol. The van der Waals surface area contributed by atoms with Crippen molar-refractivity contribution < 1.29 is 9.53 Å². The van der Waals surface area contributed by atoms with Gasteiger partial charge in [0, 0.05) is 24.7 Å². The van der Waals surface area contributed by atoms with Gasteiger partial charge in [-0.1, -0.05) is 6.92 Å². The first kappa shape index (κ1) is 12.0. The maximum Gasteiger partial charge on any atom is 0.356 e. The largest absolute Gasteiger partial charge is 0.464 e. The minimum Gasteiger partial charge on any atom is -0.464 e. The Kier molecular flexibility index (Phi) is 2.69. The van der Waals surface area contributed by atoms with E-state index >= 15 is 0 Å². The molecule has 0 saturated carbocycles. The van der Waals surface area contributed by atoms with Crippen molar-refractivity contribution in [3.8, 4) is 0 Å². The molecule has 7 heteroatoms. The van der Waals surface area contributed by atoms with E-state index in [9.17, 15) is 4.79 Å². The lowest BCUT2D eigenvalue weighted by Crippen LogP contribution is -2.46. The average molecular weight is 256 g/mol. The van der Waals surface area contributed by atoms with E-state index in [2.05, 4.69) is 21.9 Å². The molecule has 0 spiro atoms. The Morgan fingerprint density at radius 2 is 2.21 bits per heavy atom. The number of fused-ring (bicyclic) bond motifs is 1. The summed E-state index contributed by atoms with van der Waals surface area (Å²) in [5, 5.41) is 4.21. The molecule has 2 aromatic rings. The molecule has 1 fully saturated rings. The Morgan fingerprint density at radius 3 is 2.84 bits per heavy atom. The fraction of sp³-hybridized carbons (Fsp3) is 0.417. The Balaban J connectivity index is 2.13. The van der Waals surface area contributed by atoms with Crippen LogP contribution in [-0.2, 0) is 4.74 Å². The summed E-state index contributed by atoms with van der Waals surface area (Å²) in [5.74, 6) is 0.995. The molecule has 2 aromatic heterocycles. The summed E-state index contributed by atoms with van der Waals surface area (Å²) in [6.45, 7) is 4.03. The summed E-state index contributed by atoms with van der Waals surface area (Å²) in [6, 6.07) is 3.33. The molecule has 0 N–H and O–H groups in total. The normalized spacial score (nSPS) is 15.6. The van der Waals surface area contributed by atoms with Crippen molar-refractivity contribution in [3.63, 3.8) is 0 Å². The Bertz CT molecular complexity index is 648. The Labute approximate surface area is 111 Å². The highest BCUT2D eigenvalue weighted by Crippen LogP contribution is 2.25. The third kappa shape index (κ3) is 1.95. The summed E-state index contributed by atoms with van der Waals surface area (Å²) in [7, 11) is 7.04. The molecule has 0 unspecified atom stereocenters. The van der Waals surface area contributed by atoms with E-state index in [0.29, 0.717) is 17.2 Å². The van der Waals surface area contributed by atoms with Gasteiger partial charge >= 0.3 is 5.97 Å². The predicted octanol–water partition coefficient (Wildman–Crippen LogP) is -0.234. The fourth-order valence-corrected chi connectivity index (χ4v) is 2.30. The van der Waals surface area contributed by atoms with Gasteiger partial charge in [-0.25, -0.2) is 9.78 Å². The minimum atomic E-state index is -0.461. The highest BCUT2D eigenvalue weighted by atomic mass is 16.5. The first-order valence-corrected chi connectivity index (χ1v) is 6.08. The lowest BCUT2D eigenvalue weighted by molar-refractivity contribution is 0.0594. The molecular formula is C12H13BN4O2. The molecule has 1 saturated heterocycles. The van der Waals surface area contributed by atoms with Crippen LogP contribution in [0, 0.1) is 5.92 Å². The van der Waals surface area contributed by atoms with Gasteiger partial charge in [-0.15, -0.1) is 0 Å². The van der Waals surface area contributed by atoms with Crippen molar-refractivity contribution >= 4 is 30.9 Å². The molecule has 6 nitrogen and oxygen atoms in total. The number of carbonyl (C=O) groups is 1. The van der Waals surface area contributed by atoms with E-state index in [0.717, 1.165) is 18.9 Å². The van der Waals surface area contributed by atoms with Gasteiger partial charge in [-0.3, -0.25) is 0 Å². The topological polar surface area (TPSA) is 59.7 Å². The number of esters is 1. The number of nitrogens with zero attached hydrogens (tertiary/aromatic N) is 4. The fourth-order valence-electron chi connectivity index (χ4n) is 2.30. The van der Waals surface area contributed by atoms with Gasteiger partial charge in [0.1, 0.15) is 13.7 Å². The standard InChI is InChI=1S/C12H13BN4O2/c1-7-5-16(6-7)11-3-8(12(18)19-2)14-10-4-9(13)15-17(10)11/h3-4,7H,5-6H2,1-2H3. The van der Waals surface area contributed by atoms with Crippen LogP contribution in [0.3, 0.4) is 0 Å². The smallest absolute Gasteiger partial charge is 0.356 e. The summed E-state index contributed by atoms with van der Waals surface area (Å²) in [5.41, 5.74) is 1.20. The molecule has 1 aliphatic heterocycles. The second kappa shape index (κ2) is 4.26. The van der Waals surface area contributed by atoms with Crippen molar-refractivity contribution in [2.45, 2.75) is 6.92 Å². The molecule has 3 heterocycles. The number of carbonyl (C=O) groups excluding carboxylic acids is 1. The number of methoxy groups -OCH3 is 1. The molecule has 0 aliphatic carbocycles. The number of ether oxygens (including phenoxy) is 1. The second-order valence-corrected chi connectivity index (χ2v) is 4.84. The molecule has 0 bridgehead atoms. The lowest BCUT2D eigenvalue weighted by Gasteiger charge is -2.38. The Morgan fingerprint density at radius 1 is 1.47 bits per heavy atom. The van der Waals surface area contributed by atoms with Crippen molar-refractivity contribution in [1.29, 1.82) is 0 Å². The zero-order valence-electron chi connectivity index (χ0n) is 10.8. The number of anilines is 1. The van der Waals surface area contributed by atoms with Crippen LogP contribution in [-0.4, -0.2) is 48.6 Å². The van der Waals surface area contributed by atoms with Crippen LogP contribution >= 0.6 is 0 Å². The van der Waals surface area contributed by atoms with Crippen molar-refractivity contribution in [2.75, 3.05) is 25.1 Å². The van der Waals surface area contributed by atoms with Crippen LogP contribution in [0.4, 0.5) is 5.82 Å². The summed E-state index contributed by atoms with van der Waals surface area (Å²) < 4.78 is 6.38. The predicted molar refractivity (Wildman–Crippen MR) is 71.1 cm³/mol. The highest BCUT2D eigenvalue weighted by Gasteiger charge is 2.26. The number of hydrogen-bond donors (Lipinski definition) is 0. The van der Waals surface area contributed by atoms with Crippen LogP contribution in [0.25, 0.3) is 5.65 Å². The third-order valence-electron chi connectivity index (χ3n) is 3.21. The monoisotopic (exact) mass is 256 g/mol. The van der Waals surface area contributed by atoms with Crippen molar-refractivity contribution in [2.24, 2.45) is 5.92 Å². The van der Waals surface area contributed by atoms with Gasteiger partial charge in [0.2, 0.25) is 0 Å². The summed E-state index contributed by atoms with van der Waals surface area (Å²) in [6.07, 6.45) is 0. The van der Waals surface area contributed by atoms with Crippen molar-refractivity contribution in [3.05, 3.63) is 17.8 Å².